The Morgan fingerprint density at radius 1 is 1.16 bits per heavy atom. The fourth-order valence-corrected chi connectivity index (χ4v) is 4.52. The average Bonchev–Trinajstić information content (AvgIpc) is 3.11. The maximum absolute atomic E-state index is 13.1. The van der Waals surface area contributed by atoms with E-state index >= 15 is 0 Å². The molecule has 0 bridgehead atoms. The molecule has 0 atom stereocenters. The van der Waals surface area contributed by atoms with Gasteiger partial charge < -0.3 is 9.47 Å². The number of hydrogen-bond acceptors (Lipinski definition) is 3. The Labute approximate surface area is 195 Å². The fourth-order valence-electron chi connectivity index (χ4n) is 3.35. The van der Waals surface area contributed by atoms with Gasteiger partial charge in [-0.3, -0.25) is 4.79 Å². The smallest absolute Gasteiger partial charge is 0.238 e. The Bertz CT molecular complexity index is 939. The van der Waals surface area contributed by atoms with Gasteiger partial charge in [0, 0.05) is 36.0 Å². The summed E-state index contributed by atoms with van der Waals surface area (Å²) in [6, 6.07) is 12.2. The number of halogens is 1. The molecule has 0 saturated heterocycles. The summed E-state index contributed by atoms with van der Waals surface area (Å²) in [5.74, 6) is -0.00863. The Balaban J connectivity index is 2.16. The van der Waals surface area contributed by atoms with Crippen LogP contribution in [-0.4, -0.2) is 54.0 Å². The van der Waals surface area contributed by atoms with Gasteiger partial charge in [0.1, 0.15) is 0 Å². The van der Waals surface area contributed by atoms with Crippen LogP contribution >= 0.6 is 15.9 Å². The van der Waals surface area contributed by atoms with Crippen LogP contribution < -0.4 is 0 Å². The van der Waals surface area contributed by atoms with Crippen LogP contribution in [0.15, 0.2) is 47.1 Å². The highest BCUT2D eigenvalue weighted by Gasteiger charge is 2.24. The third kappa shape index (κ3) is 8.43. The molecule has 6 nitrogen and oxygen atoms in total. The fraction of sp³-hybridized carbons (Fsp3) is 0.522. The topological polar surface area (TPSA) is 62.6 Å². The molecule has 172 valence electrons. The van der Waals surface area contributed by atoms with E-state index in [0.717, 1.165) is 23.0 Å². The summed E-state index contributed by atoms with van der Waals surface area (Å²) in [5.41, 5.74) is 2.20. The number of carbonyl (C=O) groups excluding carboxylic acids is 1. The van der Waals surface area contributed by atoms with Crippen LogP contribution in [-0.2, 0) is 27.9 Å². The number of rotatable bonds is 12. The van der Waals surface area contributed by atoms with Gasteiger partial charge in [0.2, 0.25) is 15.9 Å². The summed E-state index contributed by atoms with van der Waals surface area (Å²) >= 11 is 3.46. The molecular weight excluding hydrogens is 478 g/mol. The Morgan fingerprint density at radius 2 is 1.84 bits per heavy atom. The third-order valence-corrected chi connectivity index (χ3v) is 6.77. The number of unbranched alkanes of at least 4 members (excludes halogenated alkanes) is 1. The van der Waals surface area contributed by atoms with Crippen molar-refractivity contribution in [2.45, 2.75) is 46.7 Å². The number of hydrogen-bond donors (Lipinski definition) is 0. The van der Waals surface area contributed by atoms with E-state index in [1.54, 1.807) is 4.90 Å². The predicted octanol–water partition coefficient (Wildman–Crippen LogP) is 4.35. The molecule has 0 fully saturated rings. The molecule has 0 aliphatic rings. The molecule has 0 N–H and O–H groups in total. The molecule has 8 heteroatoms. The summed E-state index contributed by atoms with van der Waals surface area (Å²) in [6.45, 7) is 7.99. The largest absolute Gasteiger partial charge is 0.345 e. The van der Waals surface area contributed by atoms with Crippen molar-refractivity contribution >= 4 is 31.9 Å². The van der Waals surface area contributed by atoms with Crippen molar-refractivity contribution in [3.63, 3.8) is 0 Å². The lowest BCUT2D eigenvalue weighted by Gasteiger charge is -2.27. The summed E-state index contributed by atoms with van der Waals surface area (Å²) < 4.78 is 28.8. The first-order valence-electron chi connectivity index (χ1n) is 10.7. The maximum Gasteiger partial charge on any atom is 0.238 e. The Kier molecular flexibility index (Phi) is 9.78. The first kappa shape index (κ1) is 25.6. The molecule has 1 aromatic carbocycles. The molecule has 2 aromatic rings. The van der Waals surface area contributed by atoms with E-state index in [4.69, 9.17) is 0 Å². The summed E-state index contributed by atoms with van der Waals surface area (Å²) in [7, 11) is -3.45. The molecule has 1 aromatic heterocycles. The standard InChI is InChI=1S/C23H34BrN3O3S/c1-5-6-13-26(23(28)18-27(15-19(2)3)31(4,29)30)17-22-8-7-14-25(22)16-20-9-11-21(24)12-10-20/h7-12,14,19H,5-6,13,15-18H2,1-4H3. The number of carbonyl (C=O) groups is 1. The van der Waals surface area contributed by atoms with Gasteiger partial charge in [-0.05, 0) is 42.2 Å². The first-order valence-corrected chi connectivity index (χ1v) is 13.4. The van der Waals surface area contributed by atoms with Crippen LogP contribution in [0.1, 0.15) is 44.9 Å². The second-order valence-corrected chi connectivity index (χ2v) is 11.3. The molecule has 31 heavy (non-hydrogen) atoms. The van der Waals surface area contributed by atoms with E-state index < -0.39 is 10.0 Å². The van der Waals surface area contributed by atoms with Gasteiger partial charge in [-0.15, -0.1) is 0 Å². The lowest BCUT2D eigenvalue weighted by molar-refractivity contribution is -0.132. The number of aromatic nitrogens is 1. The van der Waals surface area contributed by atoms with E-state index in [2.05, 4.69) is 39.6 Å². The maximum atomic E-state index is 13.1. The van der Waals surface area contributed by atoms with E-state index in [1.807, 2.05) is 44.3 Å². The van der Waals surface area contributed by atoms with Crippen molar-refractivity contribution in [1.82, 2.24) is 13.8 Å². The molecule has 0 radical (unpaired) electrons. The highest BCUT2D eigenvalue weighted by Crippen LogP contribution is 2.15. The molecular formula is C23H34BrN3O3S. The molecule has 0 spiro atoms. The van der Waals surface area contributed by atoms with Crippen LogP contribution in [0.2, 0.25) is 0 Å². The number of nitrogens with zero attached hydrogens (tertiary/aromatic N) is 3. The van der Waals surface area contributed by atoms with Crippen molar-refractivity contribution in [1.29, 1.82) is 0 Å². The lowest BCUT2D eigenvalue weighted by Crippen LogP contribution is -2.44. The monoisotopic (exact) mass is 511 g/mol. The quantitative estimate of drug-likeness (QED) is 0.425. The van der Waals surface area contributed by atoms with Crippen molar-refractivity contribution in [3.8, 4) is 0 Å². The molecule has 1 amide bonds. The highest BCUT2D eigenvalue weighted by atomic mass is 79.9. The van der Waals surface area contributed by atoms with Gasteiger partial charge in [-0.25, -0.2) is 8.42 Å². The zero-order valence-electron chi connectivity index (χ0n) is 18.9. The molecule has 0 aliphatic heterocycles. The molecule has 0 unspecified atom stereocenters. The van der Waals surface area contributed by atoms with Crippen molar-refractivity contribution in [3.05, 3.63) is 58.3 Å². The van der Waals surface area contributed by atoms with Gasteiger partial charge in [0.15, 0.2) is 0 Å². The third-order valence-electron chi connectivity index (χ3n) is 5.03. The summed E-state index contributed by atoms with van der Waals surface area (Å²) in [5, 5.41) is 0. The Hall–Kier alpha value is -1.64. The van der Waals surface area contributed by atoms with Crippen LogP contribution in [0.5, 0.6) is 0 Å². The van der Waals surface area contributed by atoms with Gasteiger partial charge in [-0.2, -0.15) is 4.31 Å². The molecule has 0 saturated carbocycles. The van der Waals surface area contributed by atoms with Crippen molar-refractivity contribution in [2.24, 2.45) is 5.92 Å². The SMILES string of the molecule is CCCCN(Cc1cccn1Cc1ccc(Br)cc1)C(=O)CN(CC(C)C)S(C)(=O)=O. The first-order chi connectivity index (χ1) is 14.6. The average molecular weight is 513 g/mol. The minimum atomic E-state index is -3.45. The van der Waals surface area contributed by atoms with Crippen LogP contribution in [0.3, 0.4) is 0 Å². The van der Waals surface area contributed by atoms with Crippen LogP contribution in [0.25, 0.3) is 0 Å². The predicted molar refractivity (Wildman–Crippen MR) is 129 cm³/mol. The molecule has 1 heterocycles. The summed E-state index contributed by atoms with van der Waals surface area (Å²) in [4.78, 5) is 14.9. The van der Waals surface area contributed by atoms with Gasteiger partial charge in [-0.1, -0.05) is 55.3 Å². The Morgan fingerprint density at radius 3 is 2.42 bits per heavy atom. The minimum absolute atomic E-state index is 0.117. The van der Waals surface area contributed by atoms with Crippen molar-refractivity contribution < 1.29 is 13.2 Å². The molecule has 2 rings (SSSR count). The second kappa shape index (κ2) is 11.8. The number of benzene rings is 1. The zero-order chi connectivity index (χ0) is 23.0. The highest BCUT2D eigenvalue weighted by molar-refractivity contribution is 9.10. The minimum Gasteiger partial charge on any atom is -0.345 e. The summed E-state index contributed by atoms with van der Waals surface area (Å²) in [6.07, 6.45) is 5.03. The lowest BCUT2D eigenvalue weighted by atomic mass is 10.2. The molecule has 0 aliphatic carbocycles. The number of sulfonamides is 1. The van der Waals surface area contributed by atoms with Gasteiger partial charge >= 0.3 is 0 Å². The van der Waals surface area contributed by atoms with Crippen LogP contribution in [0, 0.1) is 5.92 Å². The van der Waals surface area contributed by atoms with Crippen LogP contribution in [0.4, 0.5) is 0 Å². The van der Waals surface area contributed by atoms with E-state index in [0.29, 0.717) is 26.2 Å². The zero-order valence-corrected chi connectivity index (χ0v) is 21.3. The van der Waals surface area contributed by atoms with E-state index in [9.17, 15) is 13.2 Å². The van der Waals surface area contributed by atoms with Gasteiger partial charge in [0.25, 0.3) is 0 Å². The normalized spacial score (nSPS) is 12.0. The number of amides is 1. The second-order valence-electron chi connectivity index (χ2n) is 8.37. The van der Waals surface area contributed by atoms with Gasteiger partial charge in [0.05, 0.1) is 19.3 Å². The van der Waals surface area contributed by atoms with Crippen molar-refractivity contribution in [2.75, 3.05) is 25.9 Å². The van der Waals surface area contributed by atoms with E-state index in [-0.39, 0.29) is 18.4 Å². The van der Waals surface area contributed by atoms with E-state index in [1.165, 1.54) is 16.1 Å².